The quantitative estimate of drug-likeness (QED) is 0.770. The van der Waals surface area contributed by atoms with E-state index in [0.717, 1.165) is 6.42 Å². The van der Waals surface area contributed by atoms with E-state index >= 15 is 0 Å². The maximum Gasteiger partial charge on any atom is 0.0529 e. The summed E-state index contributed by atoms with van der Waals surface area (Å²) in [5, 5.41) is 10.1. The molecule has 1 aromatic rings. The van der Waals surface area contributed by atoms with Gasteiger partial charge in [0.05, 0.1) is 12.4 Å². The molecular weight excluding hydrogens is 188 g/mol. The maximum absolute atomic E-state index is 5.82. The Bertz CT molecular complexity index is 207. The Labute approximate surface area is 92.3 Å². The van der Waals surface area contributed by atoms with Gasteiger partial charge in [0.2, 0.25) is 0 Å². The lowest BCUT2D eigenvalue weighted by Crippen LogP contribution is -2.36. The number of rotatable bonds is 1. The van der Waals surface area contributed by atoms with Crippen LogP contribution in [0.3, 0.4) is 0 Å². The molecule has 0 unspecified atom stereocenters. The number of aromatic nitrogens is 3. The third-order valence-electron chi connectivity index (χ3n) is 1.39. The normalized spacial score (nSPS) is 11.6. The van der Waals surface area contributed by atoms with Crippen molar-refractivity contribution >= 4 is 0 Å². The average molecular weight is 210 g/mol. The molecule has 4 heteroatoms. The van der Waals surface area contributed by atoms with Crippen LogP contribution in [0.15, 0.2) is 18.5 Å². The molecule has 1 rings (SSSR count). The van der Waals surface area contributed by atoms with Crippen LogP contribution in [-0.4, -0.2) is 20.9 Å². The molecule has 15 heavy (non-hydrogen) atoms. The summed E-state index contributed by atoms with van der Waals surface area (Å²) in [4.78, 5) is 0. The average Bonchev–Trinajstić information content (AvgIpc) is 2.01. The lowest BCUT2D eigenvalue weighted by atomic mass is 9.82. The summed E-state index contributed by atoms with van der Waals surface area (Å²) in [6.45, 7) is 10.8. The largest absolute Gasteiger partial charge is 0.326 e. The zero-order chi connectivity index (χ0) is 11.9. The molecule has 0 bridgehead atoms. The standard InChI is InChI=1S/C8H19N.C3H3N3/c1-7(2,3)6-8(4,5)9;1-2-4-6-5-3-1/h6,9H2,1-5H3;1-3H. The molecule has 1 heterocycles. The second-order valence-electron chi connectivity index (χ2n) is 5.54. The molecule has 0 fully saturated rings. The second kappa shape index (κ2) is 5.75. The van der Waals surface area contributed by atoms with E-state index < -0.39 is 0 Å². The van der Waals surface area contributed by atoms with E-state index in [1.807, 2.05) is 0 Å². The van der Waals surface area contributed by atoms with Gasteiger partial charge in [-0.25, -0.2) is 0 Å². The second-order valence-corrected chi connectivity index (χ2v) is 5.54. The van der Waals surface area contributed by atoms with Crippen LogP contribution in [-0.2, 0) is 0 Å². The molecule has 0 spiro atoms. The van der Waals surface area contributed by atoms with Crippen LogP contribution in [0, 0.1) is 5.41 Å². The summed E-state index contributed by atoms with van der Waals surface area (Å²) in [7, 11) is 0. The van der Waals surface area contributed by atoms with Crippen LogP contribution < -0.4 is 5.73 Å². The van der Waals surface area contributed by atoms with Gasteiger partial charge in [0.15, 0.2) is 0 Å². The lowest BCUT2D eigenvalue weighted by molar-refractivity contribution is 0.286. The minimum Gasteiger partial charge on any atom is -0.326 e. The fourth-order valence-electron chi connectivity index (χ4n) is 1.57. The molecule has 0 atom stereocenters. The summed E-state index contributed by atoms with van der Waals surface area (Å²) in [5.74, 6) is 0. The summed E-state index contributed by atoms with van der Waals surface area (Å²) in [5.41, 5.74) is 6.17. The van der Waals surface area contributed by atoms with Gasteiger partial charge >= 0.3 is 0 Å². The molecule has 0 saturated heterocycles. The van der Waals surface area contributed by atoms with Gasteiger partial charge in [-0.1, -0.05) is 20.8 Å². The van der Waals surface area contributed by atoms with Crippen molar-refractivity contribution in [1.82, 2.24) is 15.4 Å². The molecule has 0 aliphatic heterocycles. The zero-order valence-electron chi connectivity index (χ0n) is 10.4. The zero-order valence-corrected chi connectivity index (χ0v) is 10.4. The Hall–Kier alpha value is -1.03. The minimum absolute atomic E-state index is 0.0156. The lowest BCUT2D eigenvalue weighted by Gasteiger charge is -2.28. The van der Waals surface area contributed by atoms with E-state index in [-0.39, 0.29) is 5.54 Å². The van der Waals surface area contributed by atoms with Crippen molar-refractivity contribution in [2.45, 2.75) is 46.6 Å². The van der Waals surface area contributed by atoms with Crippen molar-refractivity contribution < 1.29 is 0 Å². The van der Waals surface area contributed by atoms with E-state index in [2.05, 4.69) is 50.0 Å². The summed E-state index contributed by atoms with van der Waals surface area (Å²) >= 11 is 0. The number of hydrogen-bond acceptors (Lipinski definition) is 4. The monoisotopic (exact) mass is 210 g/mol. The van der Waals surface area contributed by atoms with Crippen molar-refractivity contribution in [1.29, 1.82) is 0 Å². The number of nitrogens with zero attached hydrogens (tertiary/aromatic N) is 3. The Balaban J connectivity index is 0.000000280. The SMILES string of the molecule is CC(C)(C)CC(C)(C)N.c1cnnnc1. The molecular formula is C11H22N4. The third kappa shape index (κ3) is 13.0. The predicted octanol–water partition coefficient (Wildman–Crippen LogP) is 2.03. The molecule has 0 saturated carbocycles. The maximum atomic E-state index is 5.82. The summed E-state index contributed by atoms with van der Waals surface area (Å²) in [6, 6.07) is 1.72. The molecule has 1 aromatic heterocycles. The number of nitrogens with two attached hydrogens (primary N) is 1. The molecule has 0 aliphatic carbocycles. The smallest absolute Gasteiger partial charge is 0.0529 e. The molecule has 2 N–H and O–H groups in total. The Morgan fingerprint density at radius 2 is 1.47 bits per heavy atom. The fraction of sp³-hybridized carbons (Fsp3) is 0.727. The van der Waals surface area contributed by atoms with Gasteiger partial charge in [-0.15, -0.1) is 10.2 Å². The Morgan fingerprint density at radius 3 is 1.53 bits per heavy atom. The molecule has 86 valence electrons. The Kier molecular flexibility index (Phi) is 5.36. The van der Waals surface area contributed by atoms with E-state index in [9.17, 15) is 0 Å². The van der Waals surface area contributed by atoms with E-state index in [4.69, 9.17) is 5.73 Å². The molecule has 0 radical (unpaired) electrons. The topological polar surface area (TPSA) is 64.7 Å². The third-order valence-corrected chi connectivity index (χ3v) is 1.39. The summed E-state index contributed by atoms with van der Waals surface area (Å²) in [6.07, 6.45) is 4.22. The van der Waals surface area contributed by atoms with Crippen molar-refractivity contribution in [2.24, 2.45) is 11.1 Å². The highest BCUT2D eigenvalue weighted by Gasteiger charge is 2.20. The van der Waals surface area contributed by atoms with Crippen molar-refractivity contribution in [2.75, 3.05) is 0 Å². The molecule has 0 amide bonds. The highest BCUT2D eigenvalue weighted by atomic mass is 15.3. The highest BCUT2D eigenvalue weighted by molar-refractivity contribution is 4.78. The van der Waals surface area contributed by atoms with Crippen molar-refractivity contribution in [3.8, 4) is 0 Å². The molecule has 0 aromatic carbocycles. The summed E-state index contributed by atoms with van der Waals surface area (Å²) < 4.78 is 0. The van der Waals surface area contributed by atoms with Gasteiger partial charge in [-0.05, 0) is 37.0 Å². The van der Waals surface area contributed by atoms with Crippen LogP contribution in [0.4, 0.5) is 0 Å². The van der Waals surface area contributed by atoms with Crippen molar-refractivity contribution in [3.63, 3.8) is 0 Å². The number of hydrogen-bond donors (Lipinski definition) is 1. The first kappa shape index (κ1) is 14.0. The van der Waals surface area contributed by atoms with Crippen molar-refractivity contribution in [3.05, 3.63) is 18.5 Å². The van der Waals surface area contributed by atoms with Gasteiger partial charge in [-0.3, -0.25) is 0 Å². The first-order valence-electron chi connectivity index (χ1n) is 5.08. The van der Waals surface area contributed by atoms with Gasteiger partial charge in [0, 0.05) is 5.54 Å². The van der Waals surface area contributed by atoms with Gasteiger partial charge in [-0.2, -0.15) is 0 Å². The minimum atomic E-state index is -0.0156. The predicted molar refractivity (Wildman–Crippen MR) is 62.2 cm³/mol. The first-order chi connectivity index (χ1) is 6.71. The van der Waals surface area contributed by atoms with Crippen LogP contribution in [0.1, 0.15) is 41.0 Å². The first-order valence-corrected chi connectivity index (χ1v) is 5.08. The fourth-order valence-corrected chi connectivity index (χ4v) is 1.57. The van der Waals surface area contributed by atoms with E-state index in [0.29, 0.717) is 5.41 Å². The van der Waals surface area contributed by atoms with E-state index in [1.54, 1.807) is 18.5 Å². The van der Waals surface area contributed by atoms with Gasteiger partial charge in [0.25, 0.3) is 0 Å². The highest BCUT2D eigenvalue weighted by Crippen LogP contribution is 2.24. The Morgan fingerprint density at radius 1 is 1.00 bits per heavy atom. The van der Waals surface area contributed by atoms with Crippen LogP contribution in [0.2, 0.25) is 0 Å². The van der Waals surface area contributed by atoms with Crippen LogP contribution >= 0.6 is 0 Å². The van der Waals surface area contributed by atoms with Crippen LogP contribution in [0.5, 0.6) is 0 Å². The van der Waals surface area contributed by atoms with E-state index in [1.165, 1.54) is 0 Å². The molecule has 4 nitrogen and oxygen atoms in total. The molecule has 0 aliphatic rings. The van der Waals surface area contributed by atoms with Gasteiger partial charge < -0.3 is 5.73 Å². The van der Waals surface area contributed by atoms with Crippen LogP contribution in [0.25, 0.3) is 0 Å². The van der Waals surface area contributed by atoms with Gasteiger partial charge in [0.1, 0.15) is 0 Å².